The maximum absolute atomic E-state index is 11.2. The average Bonchev–Trinajstić information content (AvgIpc) is 2.99. The van der Waals surface area contributed by atoms with Crippen LogP contribution in [0.3, 0.4) is 0 Å². The monoisotopic (exact) mass is 306 g/mol. The topological polar surface area (TPSA) is 60.7 Å². The van der Waals surface area contributed by atoms with Crippen molar-refractivity contribution in [2.24, 2.45) is 0 Å². The molecule has 0 spiro atoms. The number of carbonyl (C=O) groups is 1. The number of hydrogen-bond acceptors (Lipinski definition) is 4. The first-order valence-electron chi connectivity index (χ1n) is 7.57. The summed E-state index contributed by atoms with van der Waals surface area (Å²) in [6.07, 6.45) is 4.14. The highest BCUT2D eigenvalue weighted by molar-refractivity contribution is 5.82. The lowest BCUT2D eigenvalue weighted by molar-refractivity contribution is 0.111. The molecule has 3 rings (SSSR count). The molecule has 3 aromatic rings. The summed E-state index contributed by atoms with van der Waals surface area (Å²) < 4.78 is 1.74. The summed E-state index contributed by atoms with van der Waals surface area (Å²) in [5.74, 6) is 0.503. The van der Waals surface area contributed by atoms with Crippen molar-refractivity contribution in [3.8, 4) is 11.3 Å². The summed E-state index contributed by atoms with van der Waals surface area (Å²) in [6.45, 7) is 4.90. The van der Waals surface area contributed by atoms with Gasteiger partial charge in [-0.3, -0.25) is 9.78 Å². The number of nitrogens with zero attached hydrogens (tertiary/aromatic N) is 4. The predicted molar refractivity (Wildman–Crippen MR) is 88.3 cm³/mol. The molecular weight excluding hydrogens is 288 g/mol. The molecule has 0 saturated heterocycles. The van der Waals surface area contributed by atoms with Gasteiger partial charge in [0.15, 0.2) is 12.0 Å². The maximum atomic E-state index is 11.2. The Morgan fingerprint density at radius 3 is 2.57 bits per heavy atom. The number of aldehydes is 1. The summed E-state index contributed by atoms with van der Waals surface area (Å²) in [5.41, 5.74) is 4.27. The fourth-order valence-corrected chi connectivity index (χ4v) is 2.50. The number of carbonyl (C=O) groups excluding carboxylic acids is 1. The predicted octanol–water partition coefficient (Wildman–Crippen LogP) is 3.32. The highest BCUT2D eigenvalue weighted by atomic mass is 16.1. The van der Waals surface area contributed by atoms with Crippen LogP contribution in [0, 0.1) is 0 Å². The van der Waals surface area contributed by atoms with Crippen molar-refractivity contribution in [1.29, 1.82) is 0 Å². The third-order valence-corrected chi connectivity index (χ3v) is 3.79. The molecule has 0 amide bonds. The Hall–Kier alpha value is -2.82. The molecule has 0 radical (unpaired) electrons. The zero-order valence-corrected chi connectivity index (χ0v) is 13.2. The lowest BCUT2D eigenvalue weighted by Gasteiger charge is -2.09. The lowest BCUT2D eigenvalue weighted by atomic mass is 10.0. The first-order valence-corrected chi connectivity index (χ1v) is 7.57. The summed E-state index contributed by atoms with van der Waals surface area (Å²) in [6, 6.07) is 12.2. The first-order chi connectivity index (χ1) is 11.2. The van der Waals surface area contributed by atoms with Crippen LogP contribution < -0.4 is 0 Å². The van der Waals surface area contributed by atoms with Gasteiger partial charge in [-0.15, -0.1) is 5.10 Å². The zero-order chi connectivity index (χ0) is 16.2. The molecule has 0 aliphatic heterocycles. The van der Waals surface area contributed by atoms with E-state index >= 15 is 0 Å². The van der Waals surface area contributed by atoms with Gasteiger partial charge < -0.3 is 0 Å². The molecule has 23 heavy (non-hydrogen) atoms. The van der Waals surface area contributed by atoms with Gasteiger partial charge in [0, 0.05) is 18.0 Å². The molecule has 0 bridgehead atoms. The van der Waals surface area contributed by atoms with E-state index in [1.54, 1.807) is 17.1 Å². The summed E-state index contributed by atoms with van der Waals surface area (Å²) in [4.78, 5) is 15.4. The second-order valence-corrected chi connectivity index (χ2v) is 5.74. The molecule has 2 heterocycles. The van der Waals surface area contributed by atoms with Crippen molar-refractivity contribution in [2.75, 3.05) is 0 Å². The fraction of sp³-hybridized carbons (Fsp3) is 0.222. The van der Waals surface area contributed by atoms with Crippen LogP contribution in [0.2, 0.25) is 0 Å². The Morgan fingerprint density at radius 2 is 1.96 bits per heavy atom. The highest BCUT2D eigenvalue weighted by Crippen LogP contribution is 2.22. The van der Waals surface area contributed by atoms with Crippen molar-refractivity contribution >= 4 is 6.29 Å². The maximum Gasteiger partial charge on any atom is 0.172 e. The number of rotatable bonds is 5. The molecule has 0 atom stereocenters. The summed E-state index contributed by atoms with van der Waals surface area (Å²) >= 11 is 0. The van der Waals surface area contributed by atoms with Crippen LogP contribution in [0.1, 0.15) is 41.4 Å². The van der Waals surface area contributed by atoms with E-state index in [1.165, 1.54) is 5.56 Å². The molecule has 5 heteroatoms. The molecule has 0 aliphatic rings. The van der Waals surface area contributed by atoms with Crippen molar-refractivity contribution in [3.63, 3.8) is 0 Å². The van der Waals surface area contributed by atoms with Crippen LogP contribution >= 0.6 is 0 Å². The van der Waals surface area contributed by atoms with Crippen LogP contribution in [-0.2, 0) is 6.54 Å². The van der Waals surface area contributed by atoms with Crippen LogP contribution in [0.5, 0.6) is 0 Å². The Bertz CT molecular complexity index is 792. The Kier molecular flexibility index (Phi) is 4.28. The third-order valence-electron chi connectivity index (χ3n) is 3.79. The normalized spacial score (nSPS) is 10.9. The number of pyridine rings is 1. The molecule has 5 nitrogen and oxygen atoms in total. The van der Waals surface area contributed by atoms with Gasteiger partial charge in [0.05, 0.1) is 6.54 Å². The van der Waals surface area contributed by atoms with Crippen molar-refractivity contribution in [2.45, 2.75) is 26.3 Å². The van der Waals surface area contributed by atoms with Gasteiger partial charge in [-0.25, -0.2) is 4.68 Å². The Morgan fingerprint density at radius 1 is 1.17 bits per heavy atom. The molecule has 2 aromatic heterocycles. The largest absolute Gasteiger partial charge is 0.296 e. The van der Waals surface area contributed by atoms with Crippen LogP contribution in [0.25, 0.3) is 11.3 Å². The standard InChI is InChI=1S/C18H18N4O/c1-13(2)15-7-5-14(6-8-15)11-22-18(17(12-23)20-21-22)16-4-3-9-19-10-16/h3-10,12-13H,11H2,1-2H3. The second-order valence-electron chi connectivity index (χ2n) is 5.74. The van der Waals surface area contributed by atoms with Gasteiger partial charge in [-0.1, -0.05) is 43.3 Å². The van der Waals surface area contributed by atoms with E-state index in [2.05, 4.69) is 53.4 Å². The number of aromatic nitrogens is 4. The zero-order valence-electron chi connectivity index (χ0n) is 13.2. The minimum absolute atomic E-state index is 0.330. The number of hydrogen-bond donors (Lipinski definition) is 0. The fourth-order valence-electron chi connectivity index (χ4n) is 2.50. The van der Waals surface area contributed by atoms with E-state index in [1.807, 2.05) is 12.1 Å². The molecule has 1 aromatic carbocycles. The van der Waals surface area contributed by atoms with Crippen LogP contribution in [-0.4, -0.2) is 26.3 Å². The molecule has 0 saturated carbocycles. The van der Waals surface area contributed by atoms with Gasteiger partial charge in [0.2, 0.25) is 0 Å². The van der Waals surface area contributed by atoms with Crippen LogP contribution in [0.4, 0.5) is 0 Å². The van der Waals surface area contributed by atoms with E-state index in [0.29, 0.717) is 23.9 Å². The molecule has 0 N–H and O–H groups in total. The van der Waals surface area contributed by atoms with Gasteiger partial charge in [-0.05, 0) is 29.2 Å². The van der Waals surface area contributed by atoms with Gasteiger partial charge in [-0.2, -0.15) is 0 Å². The minimum Gasteiger partial charge on any atom is -0.296 e. The third kappa shape index (κ3) is 3.18. The van der Waals surface area contributed by atoms with E-state index in [9.17, 15) is 4.79 Å². The van der Waals surface area contributed by atoms with Crippen molar-refractivity contribution in [1.82, 2.24) is 20.0 Å². The Labute approximate surface area is 135 Å². The van der Waals surface area contributed by atoms with Gasteiger partial charge >= 0.3 is 0 Å². The minimum atomic E-state index is 0.330. The average molecular weight is 306 g/mol. The van der Waals surface area contributed by atoms with Crippen molar-refractivity contribution in [3.05, 3.63) is 65.6 Å². The first kappa shape index (κ1) is 15.1. The van der Waals surface area contributed by atoms with E-state index in [4.69, 9.17) is 0 Å². The van der Waals surface area contributed by atoms with Crippen molar-refractivity contribution < 1.29 is 4.79 Å². The molecule has 0 unspecified atom stereocenters. The SMILES string of the molecule is CC(C)c1ccc(Cn2nnc(C=O)c2-c2cccnc2)cc1. The molecule has 116 valence electrons. The van der Waals surface area contributed by atoms with Gasteiger partial charge in [0.25, 0.3) is 0 Å². The van der Waals surface area contributed by atoms with E-state index in [-0.39, 0.29) is 0 Å². The highest BCUT2D eigenvalue weighted by Gasteiger charge is 2.15. The lowest BCUT2D eigenvalue weighted by Crippen LogP contribution is -2.05. The quantitative estimate of drug-likeness (QED) is 0.678. The smallest absolute Gasteiger partial charge is 0.172 e. The van der Waals surface area contributed by atoms with E-state index < -0.39 is 0 Å². The van der Waals surface area contributed by atoms with Crippen LogP contribution in [0.15, 0.2) is 48.8 Å². The molecular formula is C18H18N4O. The second kappa shape index (κ2) is 6.52. The number of benzene rings is 1. The summed E-state index contributed by atoms with van der Waals surface area (Å²) in [7, 11) is 0. The molecule has 0 fully saturated rings. The molecule has 0 aliphatic carbocycles. The summed E-state index contributed by atoms with van der Waals surface area (Å²) in [5, 5.41) is 8.09. The van der Waals surface area contributed by atoms with Gasteiger partial charge in [0.1, 0.15) is 5.69 Å². The van der Waals surface area contributed by atoms with E-state index in [0.717, 1.165) is 17.4 Å². The Balaban J connectivity index is 1.94.